The van der Waals surface area contributed by atoms with Crippen LogP contribution in [0.4, 0.5) is 10.1 Å². The van der Waals surface area contributed by atoms with Crippen LogP contribution >= 0.6 is 23.2 Å². The number of carbonyl (C=O) groups is 2. The predicted octanol–water partition coefficient (Wildman–Crippen LogP) is 6.43. The maximum Gasteiger partial charge on any atom is 0.262 e. The van der Waals surface area contributed by atoms with Gasteiger partial charge in [-0.2, -0.15) is 0 Å². The zero-order chi connectivity index (χ0) is 26.1. The summed E-state index contributed by atoms with van der Waals surface area (Å²) in [7, 11) is 0. The van der Waals surface area contributed by atoms with Crippen LogP contribution in [0.25, 0.3) is 11.1 Å². The number of anilines is 1. The van der Waals surface area contributed by atoms with Crippen LogP contribution < -0.4 is 10.2 Å². The molecule has 3 aromatic rings. The average molecular weight is 541 g/mol. The second-order valence-electron chi connectivity index (χ2n) is 9.67. The van der Waals surface area contributed by atoms with Gasteiger partial charge in [0.05, 0.1) is 16.7 Å². The number of fused-ring (bicyclic) bond motifs is 1. The fourth-order valence-corrected chi connectivity index (χ4v) is 5.66. The fourth-order valence-electron chi connectivity index (χ4n) is 5.19. The molecule has 192 valence electrons. The van der Waals surface area contributed by atoms with Crippen molar-refractivity contribution in [2.75, 3.05) is 11.4 Å². The van der Waals surface area contributed by atoms with Crippen LogP contribution in [0.3, 0.4) is 0 Å². The minimum Gasteiger partial charge on any atom is -0.393 e. The van der Waals surface area contributed by atoms with Crippen molar-refractivity contribution < 1.29 is 19.1 Å². The maximum absolute atomic E-state index is 14.4. The van der Waals surface area contributed by atoms with E-state index in [9.17, 15) is 19.1 Å². The Labute approximate surface area is 225 Å². The standard InChI is InChI=1S/C29H27Cl2FN2O3/c30-23-12-6-19(28(36)33-20-8-10-21(35)11-9-20)16-22(23)17-7-13-26-18(15-17)3-2-14-34(26)29(37)27-24(31)4-1-5-25(27)32/h1,4-7,12-13,15-16,20-21,35H,2-3,8-11,14H2,(H,33,36). The minimum atomic E-state index is -0.646. The van der Waals surface area contributed by atoms with E-state index in [4.69, 9.17) is 23.2 Å². The molecule has 1 heterocycles. The van der Waals surface area contributed by atoms with E-state index in [0.717, 1.165) is 42.4 Å². The topological polar surface area (TPSA) is 69.6 Å². The molecule has 2 aliphatic rings. The van der Waals surface area contributed by atoms with Crippen molar-refractivity contribution in [1.29, 1.82) is 0 Å². The van der Waals surface area contributed by atoms with Crippen molar-refractivity contribution in [3.63, 3.8) is 0 Å². The summed E-state index contributed by atoms with van der Waals surface area (Å²) in [4.78, 5) is 27.7. The van der Waals surface area contributed by atoms with Crippen molar-refractivity contribution in [3.8, 4) is 11.1 Å². The third-order valence-electron chi connectivity index (χ3n) is 7.19. The van der Waals surface area contributed by atoms with Gasteiger partial charge in [-0.3, -0.25) is 9.59 Å². The Hall–Kier alpha value is -2.93. The highest BCUT2D eigenvalue weighted by Gasteiger charge is 2.28. The van der Waals surface area contributed by atoms with E-state index in [1.165, 1.54) is 18.2 Å². The molecule has 0 spiro atoms. The molecule has 0 radical (unpaired) electrons. The largest absolute Gasteiger partial charge is 0.393 e. The second kappa shape index (κ2) is 10.8. The zero-order valence-corrected chi connectivity index (χ0v) is 21.7. The van der Waals surface area contributed by atoms with Gasteiger partial charge in [0.2, 0.25) is 0 Å². The summed E-state index contributed by atoms with van der Waals surface area (Å²) >= 11 is 12.7. The van der Waals surface area contributed by atoms with Gasteiger partial charge in [-0.25, -0.2) is 4.39 Å². The first-order valence-corrected chi connectivity index (χ1v) is 13.2. The summed E-state index contributed by atoms with van der Waals surface area (Å²) in [6.45, 7) is 0.463. The molecule has 5 rings (SSSR count). The van der Waals surface area contributed by atoms with Crippen LogP contribution in [0, 0.1) is 5.82 Å². The fraction of sp³-hybridized carbons (Fsp3) is 0.310. The Bertz CT molecular complexity index is 1330. The molecular weight excluding hydrogens is 514 g/mol. The molecule has 0 saturated heterocycles. The van der Waals surface area contributed by atoms with Crippen LogP contribution in [-0.4, -0.2) is 35.6 Å². The van der Waals surface area contributed by atoms with Crippen molar-refractivity contribution in [1.82, 2.24) is 5.32 Å². The number of aryl methyl sites for hydroxylation is 1. The first kappa shape index (κ1) is 25.7. The van der Waals surface area contributed by atoms with Crippen molar-refractivity contribution >= 4 is 40.7 Å². The lowest BCUT2D eigenvalue weighted by Crippen LogP contribution is -2.38. The molecule has 37 heavy (non-hydrogen) atoms. The van der Waals surface area contributed by atoms with Gasteiger partial charge in [-0.1, -0.05) is 35.3 Å². The first-order chi connectivity index (χ1) is 17.8. The Morgan fingerprint density at radius 1 is 0.973 bits per heavy atom. The number of aliphatic hydroxyl groups excluding tert-OH is 1. The second-order valence-corrected chi connectivity index (χ2v) is 10.5. The number of nitrogens with one attached hydrogen (secondary N) is 1. The third-order valence-corrected chi connectivity index (χ3v) is 7.84. The Morgan fingerprint density at radius 3 is 2.51 bits per heavy atom. The number of aliphatic hydroxyl groups is 1. The molecule has 2 N–H and O–H groups in total. The lowest BCUT2D eigenvalue weighted by atomic mass is 9.92. The number of rotatable bonds is 4. The normalized spacial score (nSPS) is 19.3. The van der Waals surface area contributed by atoms with Gasteiger partial charge in [-0.05, 0) is 92.1 Å². The van der Waals surface area contributed by atoms with Gasteiger partial charge < -0.3 is 15.3 Å². The molecule has 1 aliphatic carbocycles. The molecule has 0 unspecified atom stereocenters. The molecule has 1 saturated carbocycles. The number of hydrogen-bond donors (Lipinski definition) is 2. The summed E-state index contributed by atoms with van der Waals surface area (Å²) in [5.74, 6) is -1.29. The minimum absolute atomic E-state index is 0.0465. The molecule has 1 fully saturated rings. The molecule has 0 aromatic heterocycles. The van der Waals surface area contributed by atoms with Crippen LogP contribution in [0.2, 0.25) is 10.0 Å². The summed E-state index contributed by atoms with van der Waals surface area (Å²) in [6.07, 6.45) is 4.08. The Balaban J connectivity index is 1.41. The van der Waals surface area contributed by atoms with E-state index >= 15 is 0 Å². The molecule has 0 bridgehead atoms. The van der Waals surface area contributed by atoms with Gasteiger partial charge in [0.1, 0.15) is 5.82 Å². The number of nitrogens with zero attached hydrogens (tertiary/aromatic N) is 1. The van der Waals surface area contributed by atoms with E-state index in [1.54, 1.807) is 23.1 Å². The van der Waals surface area contributed by atoms with Crippen molar-refractivity contribution in [2.45, 2.75) is 50.7 Å². The number of carbonyl (C=O) groups excluding carboxylic acids is 2. The van der Waals surface area contributed by atoms with Crippen molar-refractivity contribution in [2.24, 2.45) is 0 Å². The SMILES string of the molecule is O=C(NC1CCC(O)CC1)c1ccc(Cl)c(-c2ccc3c(c2)CCCN3C(=O)c2c(F)cccc2Cl)c1. The quantitative estimate of drug-likeness (QED) is 0.400. The molecule has 8 heteroatoms. The smallest absolute Gasteiger partial charge is 0.262 e. The highest BCUT2D eigenvalue weighted by molar-refractivity contribution is 6.34. The number of benzene rings is 3. The highest BCUT2D eigenvalue weighted by atomic mass is 35.5. The van der Waals surface area contributed by atoms with Crippen LogP contribution in [0.5, 0.6) is 0 Å². The highest BCUT2D eigenvalue weighted by Crippen LogP contribution is 2.36. The predicted molar refractivity (Wildman–Crippen MR) is 144 cm³/mol. The number of hydrogen-bond acceptors (Lipinski definition) is 3. The van der Waals surface area contributed by atoms with Crippen molar-refractivity contribution in [3.05, 3.63) is 87.2 Å². The molecule has 5 nitrogen and oxygen atoms in total. The molecule has 3 aromatic carbocycles. The number of halogens is 3. The summed E-state index contributed by atoms with van der Waals surface area (Å²) < 4.78 is 14.4. The zero-order valence-electron chi connectivity index (χ0n) is 20.1. The Kier molecular flexibility index (Phi) is 7.52. The third kappa shape index (κ3) is 5.37. The summed E-state index contributed by atoms with van der Waals surface area (Å²) in [5, 5.41) is 13.4. The van der Waals surface area contributed by atoms with Gasteiger partial charge in [0.15, 0.2) is 0 Å². The van der Waals surface area contributed by atoms with Crippen LogP contribution in [-0.2, 0) is 6.42 Å². The van der Waals surface area contributed by atoms with E-state index in [2.05, 4.69) is 5.32 Å². The first-order valence-electron chi connectivity index (χ1n) is 12.5. The molecule has 1 aliphatic heterocycles. The summed E-state index contributed by atoms with van der Waals surface area (Å²) in [5.41, 5.74) is 3.58. The van der Waals surface area contributed by atoms with E-state index in [-0.39, 0.29) is 28.6 Å². The van der Waals surface area contributed by atoms with E-state index in [1.807, 2.05) is 18.2 Å². The maximum atomic E-state index is 14.4. The molecule has 0 atom stereocenters. The summed E-state index contributed by atoms with van der Waals surface area (Å²) in [6, 6.07) is 15.1. The molecular formula is C29H27Cl2FN2O3. The monoisotopic (exact) mass is 540 g/mol. The lowest BCUT2D eigenvalue weighted by Gasteiger charge is -2.30. The molecule has 2 amide bonds. The average Bonchev–Trinajstić information content (AvgIpc) is 2.89. The van der Waals surface area contributed by atoms with Gasteiger partial charge >= 0.3 is 0 Å². The van der Waals surface area contributed by atoms with Gasteiger partial charge in [0.25, 0.3) is 11.8 Å². The van der Waals surface area contributed by atoms with E-state index < -0.39 is 11.7 Å². The lowest BCUT2D eigenvalue weighted by molar-refractivity contribution is 0.0867. The van der Waals surface area contributed by atoms with Crippen LogP contribution in [0.1, 0.15) is 58.4 Å². The van der Waals surface area contributed by atoms with E-state index in [0.29, 0.717) is 35.7 Å². The van der Waals surface area contributed by atoms with Crippen LogP contribution in [0.15, 0.2) is 54.6 Å². The van der Waals surface area contributed by atoms with Gasteiger partial charge in [0, 0.05) is 34.4 Å². The number of amides is 2. The van der Waals surface area contributed by atoms with Gasteiger partial charge in [-0.15, -0.1) is 0 Å². The Morgan fingerprint density at radius 2 is 1.76 bits per heavy atom.